The van der Waals surface area contributed by atoms with Gasteiger partial charge in [-0.15, -0.1) is 0 Å². The van der Waals surface area contributed by atoms with Gasteiger partial charge in [0.05, 0.1) is 31.0 Å². The Balaban J connectivity index is 1.53. The number of anilines is 1. The summed E-state index contributed by atoms with van der Waals surface area (Å²) in [6.07, 6.45) is 3.11. The van der Waals surface area contributed by atoms with Crippen LogP contribution in [0.15, 0.2) is 39.9 Å². The quantitative estimate of drug-likeness (QED) is 0.384. The van der Waals surface area contributed by atoms with Crippen LogP contribution in [0.4, 0.5) is 10.2 Å². The lowest BCUT2D eigenvalue weighted by Gasteiger charge is -2.28. The maximum atomic E-state index is 14.2. The molecule has 1 N–H and O–H groups in total. The van der Waals surface area contributed by atoms with Crippen LogP contribution in [0, 0.1) is 12.7 Å². The Bertz CT molecular complexity index is 1220. The summed E-state index contributed by atoms with van der Waals surface area (Å²) in [5.41, 5.74) is 3.14. The van der Waals surface area contributed by atoms with E-state index in [9.17, 15) is 9.50 Å². The predicted molar refractivity (Wildman–Crippen MR) is 136 cm³/mol. The van der Waals surface area contributed by atoms with Gasteiger partial charge in [-0.25, -0.2) is 14.4 Å². The van der Waals surface area contributed by atoms with Gasteiger partial charge in [-0.1, -0.05) is 51.3 Å². The van der Waals surface area contributed by atoms with Crippen LogP contribution in [0.5, 0.6) is 5.75 Å². The highest BCUT2D eigenvalue weighted by molar-refractivity contribution is 9.10. The van der Waals surface area contributed by atoms with Crippen molar-refractivity contribution in [3.63, 3.8) is 0 Å². The number of halogens is 4. The van der Waals surface area contributed by atoms with Gasteiger partial charge in [0.25, 0.3) is 0 Å². The van der Waals surface area contributed by atoms with Crippen LogP contribution in [-0.2, 0) is 17.7 Å². The van der Waals surface area contributed by atoms with Crippen molar-refractivity contribution in [3.05, 3.63) is 78.9 Å². The molecule has 2 heterocycles. The highest BCUT2D eigenvalue weighted by Gasteiger charge is 2.19. The average molecular weight is 568 g/mol. The van der Waals surface area contributed by atoms with Gasteiger partial charge >= 0.3 is 0 Å². The molecule has 1 saturated heterocycles. The molecule has 0 unspecified atom stereocenters. The molecule has 0 radical (unpaired) electrons. The Labute approximate surface area is 215 Å². The van der Waals surface area contributed by atoms with Crippen LogP contribution >= 0.6 is 39.1 Å². The number of phenolic OH excluding ortho intramolecular Hbond substituents is 1. The van der Waals surface area contributed by atoms with Crippen molar-refractivity contribution in [1.29, 1.82) is 0 Å². The number of morpholine rings is 1. The van der Waals surface area contributed by atoms with E-state index in [2.05, 4.69) is 30.9 Å². The van der Waals surface area contributed by atoms with Crippen LogP contribution in [0.2, 0.25) is 10.0 Å². The molecule has 3 aromatic rings. The first kappa shape index (κ1) is 24.9. The Morgan fingerprint density at radius 3 is 2.76 bits per heavy atom. The van der Waals surface area contributed by atoms with Crippen LogP contribution in [0.1, 0.15) is 28.1 Å². The zero-order chi connectivity index (χ0) is 24.2. The number of aryl methyl sites for hydroxylation is 1. The average Bonchev–Trinajstić information content (AvgIpc) is 2.83. The lowest BCUT2D eigenvalue weighted by Crippen LogP contribution is -2.37. The summed E-state index contributed by atoms with van der Waals surface area (Å²) in [6, 6.07) is 7.45. The number of nitrogens with zero attached hydrogens (tertiary/aromatic N) is 4. The summed E-state index contributed by atoms with van der Waals surface area (Å²) in [6.45, 7) is 4.28. The Hall–Kier alpha value is -2.26. The zero-order valence-corrected chi connectivity index (χ0v) is 21.5. The number of rotatable bonds is 6. The van der Waals surface area contributed by atoms with E-state index in [1.54, 1.807) is 6.07 Å². The summed E-state index contributed by atoms with van der Waals surface area (Å²) in [5.74, 6) is 0.0562. The number of hydrogen-bond acceptors (Lipinski definition) is 6. The molecule has 0 atom stereocenters. The molecule has 1 aromatic heterocycles. The second-order valence-electron chi connectivity index (χ2n) is 7.83. The molecule has 10 heteroatoms. The number of phenols is 1. The summed E-state index contributed by atoms with van der Waals surface area (Å²) in [7, 11) is 0. The minimum Gasteiger partial charge on any atom is -0.506 e. The smallest absolute Gasteiger partial charge is 0.183 e. The zero-order valence-electron chi connectivity index (χ0n) is 18.4. The molecule has 178 valence electrons. The molecular formula is C24H22BrCl2FN4O2. The minimum absolute atomic E-state index is 0.0812. The van der Waals surface area contributed by atoms with Crippen molar-refractivity contribution in [2.75, 3.05) is 31.2 Å². The number of hydrogen-bond donors (Lipinski definition) is 1. The predicted octanol–water partition coefficient (Wildman–Crippen LogP) is 5.75. The Morgan fingerprint density at radius 2 is 2.03 bits per heavy atom. The summed E-state index contributed by atoms with van der Waals surface area (Å²) >= 11 is 16.4. The monoisotopic (exact) mass is 566 g/mol. The van der Waals surface area contributed by atoms with Gasteiger partial charge in [-0.2, -0.15) is 0 Å². The molecule has 0 saturated carbocycles. The molecule has 1 fully saturated rings. The molecule has 4 rings (SSSR count). The Kier molecular flexibility index (Phi) is 8.03. The van der Waals surface area contributed by atoms with E-state index >= 15 is 0 Å². The molecule has 0 spiro atoms. The number of aromatic hydroxyl groups is 1. The third-order valence-electron chi connectivity index (χ3n) is 5.57. The van der Waals surface area contributed by atoms with Crippen molar-refractivity contribution < 1.29 is 14.2 Å². The molecule has 6 nitrogen and oxygen atoms in total. The van der Waals surface area contributed by atoms with Gasteiger partial charge in [0, 0.05) is 40.8 Å². The first-order valence-corrected chi connectivity index (χ1v) is 12.2. The first-order valence-electron chi connectivity index (χ1n) is 10.6. The summed E-state index contributed by atoms with van der Waals surface area (Å²) in [4.78, 5) is 14.5. The van der Waals surface area contributed by atoms with Crippen LogP contribution in [-0.4, -0.2) is 47.6 Å². The SMILES string of the molecule is Cc1cccc(Cl)c1Cc1c(Br)cc(C=NCc2ncc(F)c(N3CCOCC3)n2)c(O)c1Cl. The number of aromatic nitrogens is 2. The fraction of sp³-hybridized carbons (Fsp3) is 0.292. The minimum atomic E-state index is -0.479. The second kappa shape index (κ2) is 11.0. The number of benzene rings is 2. The molecule has 0 amide bonds. The first-order chi connectivity index (χ1) is 16.3. The van der Waals surface area contributed by atoms with Crippen LogP contribution in [0.3, 0.4) is 0 Å². The van der Waals surface area contributed by atoms with Crippen molar-refractivity contribution in [3.8, 4) is 5.75 Å². The Morgan fingerprint density at radius 1 is 1.26 bits per heavy atom. The summed E-state index contributed by atoms with van der Waals surface area (Å²) < 4.78 is 20.3. The highest BCUT2D eigenvalue weighted by atomic mass is 79.9. The van der Waals surface area contributed by atoms with E-state index in [1.807, 2.05) is 30.0 Å². The van der Waals surface area contributed by atoms with Crippen molar-refractivity contribution in [1.82, 2.24) is 9.97 Å². The van der Waals surface area contributed by atoms with Gasteiger partial charge in [0.1, 0.15) is 5.75 Å². The third kappa shape index (κ3) is 5.51. The molecular weight excluding hydrogens is 546 g/mol. The molecule has 1 aliphatic heterocycles. The topological polar surface area (TPSA) is 70.8 Å². The molecule has 0 bridgehead atoms. The normalized spacial score (nSPS) is 14.2. The molecule has 1 aliphatic rings. The third-order valence-corrected chi connectivity index (χ3v) is 7.04. The van der Waals surface area contributed by atoms with Crippen LogP contribution in [0.25, 0.3) is 0 Å². The second-order valence-corrected chi connectivity index (χ2v) is 9.47. The van der Waals surface area contributed by atoms with E-state index < -0.39 is 5.82 Å². The maximum absolute atomic E-state index is 14.2. The van der Waals surface area contributed by atoms with Gasteiger partial charge in [-0.3, -0.25) is 4.99 Å². The fourth-order valence-electron chi connectivity index (χ4n) is 3.69. The largest absolute Gasteiger partial charge is 0.506 e. The van der Waals surface area contributed by atoms with Crippen molar-refractivity contribution >= 4 is 51.2 Å². The van der Waals surface area contributed by atoms with Gasteiger partial charge in [0.2, 0.25) is 0 Å². The van der Waals surface area contributed by atoms with Gasteiger partial charge in [0.15, 0.2) is 17.5 Å². The van der Waals surface area contributed by atoms with E-state index in [1.165, 1.54) is 6.21 Å². The van der Waals surface area contributed by atoms with E-state index in [0.717, 1.165) is 27.4 Å². The van der Waals surface area contributed by atoms with E-state index in [0.29, 0.717) is 49.1 Å². The standard InChI is InChI=1S/C24H22BrCl2FN4O2/c1-14-3-2-4-19(26)16(14)10-17-18(25)9-15(23(33)22(17)27)11-29-13-21-30-12-20(28)24(31-21)32-5-7-34-8-6-32/h2-4,9,11-12,33H,5-8,10,13H2,1H3. The van der Waals surface area contributed by atoms with E-state index in [-0.39, 0.29) is 23.1 Å². The molecule has 0 aliphatic carbocycles. The molecule has 34 heavy (non-hydrogen) atoms. The number of ether oxygens (including phenoxy) is 1. The van der Waals surface area contributed by atoms with Gasteiger partial charge < -0.3 is 14.7 Å². The molecule has 2 aromatic carbocycles. The number of aliphatic imine (C=N–C) groups is 1. The highest BCUT2D eigenvalue weighted by Crippen LogP contribution is 2.38. The lowest BCUT2D eigenvalue weighted by atomic mass is 9.99. The lowest BCUT2D eigenvalue weighted by molar-refractivity contribution is 0.122. The van der Waals surface area contributed by atoms with E-state index in [4.69, 9.17) is 27.9 Å². The van der Waals surface area contributed by atoms with Crippen LogP contribution < -0.4 is 4.90 Å². The van der Waals surface area contributed by atoms with Gasteiger partial charge in [-0.05, 0) is 35.7 Å². The summed E-state index contributed by atoms with van der Waals surface area (Å²) in [5, 5.41) is 11.6. The fourth-order valence-corrected chi connectivity index (χ4v) is 4.95. The maximum Gasteiger partial charge on any atom is 0.183 e. The van der Waals surface area contributed by atoms with Crippen molar-refractivity contribution in [2.24, 2.45) is 4.99 Å². The van der Waals surface area contributed by atoms with Crippen molar-refractivity contribution in [2.45, 2.75) is 19.9 Å².